The fourth-order valence-corrected chi connectivity index (χ4v) is 2.98. The van der Waals surface area contributed by atoms with Crippen molar-refractivity contribution in [3.63, 3.8) is 0 Å². The Balaban J connectivity index is 1.85. The van der Waals surface area contributed by atoms with Gasteiger partial charge in [0.1, 0.15) is 5.76 Å². The molecule has 3 nitrogen and oxygen atoms in total. The summed E-state index contributed by atoms with van der Waals surface area (Å²) in [5.74, 6) is -0.355. The Bertz CT molecular complexity index is 988. The number of amides is 1. The number of aryl methyl sites for hydroxylation is 2. The average molecular weight is 394 g/mol. The van der Waals surface area contributed by atoms with Crippen molar-refractivity contribution in [2.75, 3.05) is 5.32 Å². The fourth-order valence-electron chi connectivity index (χ4n) is 2.75. The molecular weight excluding hydrogens is 379 g/mol. The third-order valence-electron chi connectivity index (χ3n) is 3.87. The smallest absolute Gasteiger partial charge is 0.417 e. The van der Waals surface area contributed by atoms with Crippen molar-refractivity contribution in [3.8, 4) is 11.3 Å². The molecule has 1 heterocycles. The zero-order chi connectivity index (χ0) is 19.8. The second-order valence-corrected chi connectivity index (χ2v) is 6.59. The molecule has 0 saturated carbocycles. The van der Waals surface area contributed by atoms with E-state index in [1.54, 1.807) is 0 Å². The topological polar surface area (TPSA) is 42.2 Å². The minimum Gasteiger partial charge on any atom is -0.451 e. The maximum Gasteiger partial charge on any atom is 0.417 e. The minimum absolute atomic E-state index is 0.00679. The van der Waals surface area contributed by atoms with Gasteiger partial charge in [-0.2, -0.15) is 13.2 Å². The Labute approximate surface area is 158 Å². The van der Waals surface area contributed by atoms with Crippen LogP contribution in [0.15, 0.2) is 52.9 Å². The lowest BCUT2D eigenvalue weighted by atomic mass is 10.1. The molecule has 7 heteroatoms. The van der Waals surface area contributed by atoms with Crippen LogP contribution in [0.1, 0.15) is 27.2 Å². The summed E-state index contributed by atoms with van der Waals surface area (Å²) < 4.78 is 44.5. The van der Waals surface area contributed by atoms with Crippen LogP contribution in [0.25, 0.3) is 11.3 Å². The van der Waals surface area contributed by atoms with Crippen LogP contribution >= 0.6 is 11.6 Å². The van der Waals surface area contributed by atoms with Crippen molar-refractivity contribution >= 4 is 23.2 Å². The van der Waals surface area contributed by atoms with E-state index < -0.39 is 22.7 Å². The van der Waals surface area contributed by atoms with Crippen molar-refractivity contribution in [1.29, 1.82) is 0 Å². The summed E-state index contributed by atoms with van der Waals surface area (Å²) in [7, 11) is 0. The molecule has 0 saturated heterocycles. The maximum absolute atomic E-state index is 13.0. The molecule has 0 unspecified atom stereocenters. The molecule has 1 amide bonds. The van der Waals surface area contributed by atoms with Crippen molar-refractivity contribution in [2.45, 2.75) is 20.0 Å². The number of nitrogens with one attached hydrogen (secondary N) is 1. The van der Waals surface area contributed by atoms with E-state index in [2.05, 4.69) is 5.32 Å². The zero-order valence-electron chi connectivity index (χ0n) is 14.4. The minimum atomic E-state index is -4.58. The van der Waals surface area contributed by atoms with E-state index in [9.17, 15) is 18.0 Å². The van der Waals surface area contributed by atoms with Gasteiger partial charge in [-0.3, -0.25) is 4.79 Å². The number of alkyl halides is 3. The lowest BCUT2D eigenvalue weighted by Crippen LogP contribution is -2.11. The first-order chi connectivity index (χ1) is 12.6. The number of anilines is 1. The van der Waals surface area contributed by atoms with Crippen molar-refractivity contribution in [1.82, 2.24) is 0 Å². The molecule has 3 aromatic rings. The van der Waals surface area contributed by atoms with Gasteiger partial charge in [-0.05, 0) is 67.4 Å². The summed E-state index contributed by atoms with van der Waals surface area (Å²) in [6.07, 6.45) is -4.58. The molecule has 140 valence electrons. The van der Waals surface area contributed by atoms with Crippen molar-refractivity contribution in [2.24, 2.45) is 0 Å². The molecule has 0 atom stereocenters. The standard InChI is InChI=1S/C20H15ClF3NO2/c1-11-7-12(2)9-14(8-11)25-19(26)18-6-5-17(27-18)13-3-4-16(21)15(10-13)20(22,23)24/h3-10H,1-2H3,(H,25,26). The Hall–Kier alpha value is -2.73. The number of hydrogen-bond donors (Lipinski definition) is 1. The first-order valence-corrected chi connectivity index (χ1v) is 8.38. The highest BCUT2D eigenvalue weighted by molar-refractivity contribution is 6.31. The summed E-state index contributed by atoms with van der Waals surface area (Å²) in [6.45, 7) is 3.82. The summed E-state index contributed by atoms with van der Waals surface area (Å²) >= 11 is 5.63. The van der Waals surface area contributed by atoms with Crippen molar-refractivity contribution < 1.29 is 22.4 Å². The number of carbonyl (C=O) groups is 1. The average Bonchev–Trinajstić information content (AvgIpc) is 3.03. The molecule has 0 radical (unpaired) electrons. The molecule has 0 spiro atoms. The molecule has 0 aliphatic heterocycles. The van der Waals surface area contributed by atoms with Crippen LogP contribution < -0.4 is 5.32 Å². The van der Waals surface area contributed by atoms with Crippen LogP contribution in [-0.4, -0.2) is 5.91 Å². The molecule has 1 N–H and O–H groups in total. The number of hydrogen-bond acceptors (Lipinski definition) is 2. The third-order valence-corrected chi connectivity index (χ3v) is 4.20. The molecule has 0 fully saturated rings. The Morgan fingerprint density at radius 2 is 1.67 bits per heavy atom. The number of rotatable bonds is 3. The van der Waals surface area contributed by atoms with Gasteiger partial charge in [0.25, 0.3) is 5.91 Å². The van der Waals surface area contributed by atoms with Gasteiger partial charge in [-0.15, -0.1) is 0 Å². The van der Waals surface area contributed by atoms with Gasteiger partial charge >= 0.3 is 6.18 Å². The van der Waals surface area contributed by atoms with Crippen LogP contribution in [0.4, 0.5) is 18.9 Å². The highest BCUT2D eigenvalue weighted by Gasteiger charge is 2.33. The van der Waals surface area contributed by atoms with E-state index >= 15 is 0 Å². The predicted octanol–water partition coefficient (Wildman–Crippen LogP) is 6.49. The number of benzene rings is 2. The Morgan fingerprint density at radius 3 is 2.30 bits per heavy atom. The third kappa shape index (κ3) is 4.34. The quantitative estimate of drug-likeness (QED) is 0.552. The van der Waals surface area contributed by atoms with Crippen LogP contribution in [0.5, 0.6) is 0 Å². The summed E-state index contributed by atoms with van der Waals surface area (Å²) in [4.78, 5) is 12.4. The van der Waals surface area contributed by atoms with Gasteiger partial charge < -0.3 is 9.73 Å². The Kier molecular flexibility index (Phi) is 5.02. The molecule has 0 aliphatic carbocycles. The van der Waals surface area contributed by atoms with E-state index in [0.29, 0.717) is 5.69 Å². The molecule has 2 aromatic carbocycles. The van der Waals surface area contributed by atoms with Gasteiger partial charge in [0.15, 0.2) is 5.76 Å². The predicted molar refractivity (Wildman–Crippen MR) is 98.0 cm³/mol. The lowest BCUT2D eigenvalue weighted by Gasteiger charge is -2.10. The highest BCUT2D eigenvalue weighted by atomic mass is 35.5. The van der Waals surface area contributed by atoms with E-state index in [1.165, 1.54) is 18.2 Å². The SMILES string of the molecule is Cc1cc(C)cc(NC(=O)c2ccc(-c3ccc(Cl)c(C(F)(F)F)c3)o2)c1. The second kappa shape index (κ2) is 7.12. The first kappa shape index (κ1) is 19.0. The fraction of sp³-hybridized carbons (Fsp3) is 0.150. The van der Waals surface area contributed by atoms with Gasteiger partial charge in [-0.25, -0.2) is 0 Å². The van der Waals surface area contributed by atoms with Crippen LogP contribution in [0.3, 0.4) is 0 Å². The number of halogens is 4. The van der Waals surface area contributed by atoms with Crippen LogP contribution in [-0.2, 0) is 6.18 Å². The molecule has 3 rings (SSSR count). The lowest BCUT2D eigenvalue weighted by molar-refractivity contribution is -0.137. The normalized spacial score (nSPS) is 11.5. The molecule has 1 aromatic heterocycles. The molecular formula is C20H15ClF3NO2. The van der Waals surface area contributed by atoms with Crippen molar-refractivity contribution in [3.05, 3.63) is 76.0 Å². The summed E-state index contributed by atoms with van der Waals surface area (Å²) in [6, 6.07) is 11.9. The Morgan fingerprint density at radius 1 is 1.00 bits per heavy atom. The first-order valence-electron chi connectivity index (χ1n) is 8.00. The van der Waals surface area contributed by atoms with E-state index in [0.717, 1.165) is 23.3 Å². The van der Waals surface area contributed by atoms with E-state index in [4.69, 9.17) is 16.0 Å². The largest absolute Gasteiger partial charge is 0.451 e. The molecule has 0 bridgehead atoms. The van der Waals surface area contributed by atoms with Crippen LogP contribution in [0.2, 0.25) is 5.02 Å². The number of carbonyl (C=O) groups excluding carboxylic acids is 1. The molecule has 0 aliphatic rings. The van der Waals surface area contributed by atoms with Gasteiger partial charge in [-0.1, -0.05) is 17.7 Å². The maximum atomic E-state index is 13.0. The van der Waals surface area contributed by atoms with Crippen LogP contribution in [0, 0.1) is 13.8 Å². The van der Waals surface area contributed by atoms with Gasteiger partial charge in [0, 0.05) is 11.3 Å². The van der Waals surface area contributed by atoms with E-state index in [-0.39, 0.29) is 17.1 Å². The monoisotopic (exact) mass is 393 g/mol. The number of furan rings is 1. The molecule has 27 heavy (non-hydrogen) atoms. The summed E-state index contributed by atoms with van der Waals surface area (Å²) in [5.41, 5.74) is 1.82. The second-order valence-electron chi connectivity index (χ2n) is 6.19. The van der Waals surface area contributed by atoms with Gasteiger partial charge in [0.05, 0.1) is 10.6 Å². The highest BCUT2D eigenvalue weighted by Crippen LogP contribution is 2.37. The van der Waals surface area contributed by atoms with Gasteiger partial charge in [0.2, 0.25) is 0 Å². The van der Waals surface area contributed by atoms with E-state index in [1.807, 2.05) is 32.0 Å². The summed E-state index contributed by atoms with van der Waals surface area (Å²) in [5, 5.41) is 2.32. The zero-order valence-corrected chi connectivity index (χ0v) is 15.2.